The summed E-state index contributed by atoms with van der Waals surface area (Å²) in [6, 6.07) is 15.9. The molecule has 3 aromatic rings. The molecule has 7 nitrogen and oxygen atoms in total. The summed E-state index contributed by atoms with van der Waals surface area (Å²) >= 11 is 1.77. The Morgan fingerprint density at radius 2 is 1.53 bits per heavy atom. The zero-order valence-corrected chi connectivity index (χ0v) is 19.6. The van der Waals surface area contributed by atoms with E-state index in [4.69, 9.17) is 9.47 Å². The summed E-state index contributed by atoms with van der Waals surface area (Å²) in [7, 11) is 3.35. The Bertz CT molecular complexity index is 969. The van der Waals surface area contributed by atoms with Crippen LogP contribution in [0.25, 0.3) is 5.69 Å². The normalized spacial score (nSPS) is 14.3. The number of nitrogens with one attached hydrogen (secondary N) is 1. The quantitative estimate of drug-likeness (QED) is 0.454. The highest BCUT2D eigenvalue weighted by atomic mass is 32.2. The topological polar surface area (TPSA) is 64.4 Å². The summed E-state index contributed by atoms with van der Waals surface area (Å²) in [6.45, 7) is 4.07. The predicted octanol–water partition coefficient (Wildman–Crippen LogP) is 4.47. The molecule has 0 atom stereocenters. The monoisotopic (exact) mass is 453 g/mol. The Kier molecular flexibility index (Phi) is 7.90. The third-order valence-corrected chi connectivity index (χ3v) is 6.57. The number of aromatic nitrogens is 3. The maximum absolute atomic E-state index is 5.33. The molecule has 0 bridgehead atoms. The zero-order valence-electron chi connectivity index (χ0n) is 18.8. The van der Waals surface area contributed by atoms with Crippen molar-refractivity contribution in [1.82, 2.24) is 19.7 Å². The van der Waals surface area contributed by atoms with Crippen molar-refractivity contribution >= 4 is 17.4 Å². The molecule has 0 spiro atoms. The van der Waals surface area contributed by atoms with Crippen LogP contribution in [0.1, 0.15) is 25.1 Å². The standard InChI is InChI=1S/C24H31N5O2S/c1-30-21-10-6-19(7-11-21)25-18-23-26-27-24(32-17-16-28-14-4-3-5-15-28)29(23)20-8-12-22(31-2)13-9-20/h6-13,25H,3-5,14-18H2,1-2H3. The zero-order chi connectivity index (χ0) is 22.2. The molecule has 0 amide bonds. The largest absolute Gasteiger partial charge is 0.497 e. The van der Waals surface area contributed by atoms with Gasteiger partial charge in [-0.2, -0.15) is 0 Å². The fourth-order valence-corrected chi connectivity index (χ4v) is 4.81. The molecular formula is C24H31N5O2S. The van der Waals surface area contributed by atoms with Gasteiger partial charge in [0.05, 0.1) is 20.8 Å². The van der Waals surface area contributed by atoms with Crippen LogP contribution >= 0.6 is 11.8 Å². The van der Waals surface area contributed by atoms with Crippen LogP contribution < -0.4 is 14.8 Å². The highest BCUT2D eigenvalue weighted by molar-refractivity contribution is 7.99. The Morgan fingerprint density at radius 1 is 0.875 bits per heavy atom. The van der Waals surface area contributed by atoms with Crippen molar-refractivity contribution < 1.29 is 9.47 Å². The minimum Gasteiger partial charge on any atom is -0.497 e. The molecule has 2 heterocycles. The fraction of sp³-hybridized carbons (Fsp3) is 0.417. The van der Waals surface area contributed by atoms with Crippen LogP contribution in [-0.4, -0.2) is 59.3 Å². The lowest BCUT2D eigenvalue weighted by atomic mass is 10.1. The van der Waals surface area contributed by atoms with Gasteiger partial charge in [-0.3, -0.25) is 4.57 Å². The lowest BCUT2D eigenvalue weighted by Crippen LogP contribution is -2.31. The van der Waals surface area contributed by atoms with E-state index in [0.717, 1.165) is 46.2 Å². The average molecular weight is 454 g/mol. The van der Waals surface area contributed by atoms with Crippen LogP contribution in [-0.2, 0) is 6.54 Å². The van der Waals surface area contributed by atoms with Crippen LogP contribution in [0.15, 0.2) is 53.7 Å². The predicted molar refractivity (Wildman–Crippen MR) is 129 cm³/mol. The van der Waals surface area contributed by atoms with Gasteiger partial charge in [0.1, 0.15) is 11.5 Å². The summed E-state index contributed by atoms with van der Waals surface area (Å²) in [5.41, 5.74) is 2.04. The third kappa shape index (κ3) is 5.75. The van der Waals surface area contributed by atoms with Gasteiger partial charge in [0, 0.05) is 23.7 Å². The lowest BCUT2D eigenvalue weighted by molar-refractivity contribution is 0.242. The van der Waals surface area contributed by atoms with E-state index in [1.807, 2.05) is 48.5 Å². The number of piperidine rings is 1. The summed E-state index contributed by atoms with van der Waals surface area (Å²) in [5.74, 6) is 3.54. The van der Waals surface area contributed by atoms with Crippen LogP contribution in [0.3, 0.4) is 0 Å². The van der Waals surface area contributed by atoms with Gasteiger partial charge in [0.2, 0.25) is 0 Å². The summed E-state index contributed by atoms with van der Waals surface area (Å²) in [5, 5.41) is 13.4. The molecule has 0 aliphatic carbocycles. The molecule has 2 aromatic carbocycles. The van der Waals surface area contributed by atoms with Gasteiger partial charge in [0.15, 0.2) is 11.0 Å². The first kappa shape index (κ1) is 22.5. The molecule has 1 N–H and O–H groups in total. The molecule has 1 fully saturated rings. The Balaban J connectivity index is 1.48. The molecule has 1 aliphatic heterocycles. The molecule has 32 heavy (non-hydrogen) atoms. The minimum absolute atomic E-state index is 0.568. The highest BCUT2D eigenvalue weighted by Gasteiger charge is 2.16. The van der Waals surface area contributed by atoms with E-state index in [2.05, 4.69) is 25.0 Å². The molecule has 0 radical (unpaired) electrons. The van der Waals surface area contributed by atoms with Crippen LogP contribution in [0.2, 0.25) is 0 Å². The van der Waals surface area contributed by atoms with Gasteiger partial charge in [0.25, 0.3) is 0 Å². The third-order valence-electron chi connectivity index (χ3n) is 5.66. The van der Waals surface area contributed by atoms with E-state index in [9.17, 15) is 0 Å². The number of likely N-dealkylation sites (tertiary alicyclic amines) is 1. The number of hydrogen-bond acceptors (Lipinski definition) is 7. The molecule has 4 rings (SSSR count). The number of benzene rings is 2. The Hall–Kier alpha value is -2.71. The van der Waals surface area contributed by atoms with Gasteiger partial charge in [-0.15, -0.1) is 10.2 Å². The Morgan fingerprint density at radius 3 is 2.19 bits per heavy atom. The number of ether oxygens (including phenoxy) is 2. The van der Waals surface area contributed by atoms with Crippen LogP contribution in [0.5, 0.6) is 11.5 Å². The second-order valence-corrected chi connectivity index (χ2v) is 8.83. The molecule has 1 aliphatic rings. The van der Waals surface area contributed by atoms with E-state index in [1.54, 1.807) is 26.0 Å². The smallest absolute Gasteiger partial charge is 0.195 e. The van der Waals surface area contributed by atoms with E-state index >= 15 is 0 Å². The van der Waals surface area contributed by atoms with Crippen molar-refractivity contribution in [3.05, 3.63) is 54.4 Å². The Labute approximate surface area is 194 Å². The van der Waals surface area contributed by atoms with Crippen LogP contribution in [0, 0.1) is 0 Å². The minimum atomic E-state index is 0.568. The maximum atomic E-state index is 5.33. The molecule has 0 saturated carbocycles. The first-order chi connectivity index (χ1) is 15.8. The van der Waals surface area contributed by atoms with Gasteiger partial charge in [-0.1, -0.05) is 18.2 Å². The second-order valence-electron chi connectivity index (χ2n) is 7.77. The van der Waals surface area contributed by atoms with Crippen molar-refractivity contribution in [2.24, 2.45) is 0 Å². The summed E-state index contributed by atoms with van der Waals surface area (Å²) < 4.78 is 12.7. The van der Waals surface area contributed by atoms with Gasteiger partial charge in [-0.25, -0.2) is 0 Å². The number of thioether (sulfide) groups is 1. The SMILES string of the molecule is COc1ccc(NCc2nnc(SCCN3CCCCC3)n2-c2ccc(OC)cc2)cc1. The van der Waals surface area contributed by atoms with Crippen molar-refractivity contribution in [3.63, 3.8) is 0 Å². The molecule has 1 saturated heterocycles. The lowest BCUT2D eigenvalue weighted by Gasteiger charge is -2.25. The average Bonchev–Trinajstić information content (AvgIpc) is 3.26. The number of hydrogen-bond donors (Lipinski definition) is 1. The van der Waals surface area contributed by atoms with Crippen molar-refractivity contribution in [2.75, 3.05) is 44.9 Å². The van der Waals surface area contributed by atoms with E-state index < -0.39 is 0 Å². The van der Waals surface area contributed by atoms with Gasteiger partial charge < -0.3 is 19.7 Å². The maximum Gasteiger partial charge on any atom is 0.195 e. The van der Waals surface area contributed by atoms with Gasteiger partial charge >= 0.3 is 0 Å². The molecule has 0 unspecified atom stereocenters. The van der Waals surface area contributed by atoms with Gasteiger partial charge in [-0.05, 0) is 74.5 Å². The van der Waals surface area contributed by atoms with Crippen molar-refractivity contribution in [2.45, 2.75) is 31.0 Å². The van der Waals surface area contributed by atoms with E-state index in [0.29, 0.717) is 6.54 Å². The fourth-order valence-electron chi connectivity index (χ4n) is 3.84. The first-order valence-corrected chi connectivity index (χ1v) is 12.1. The number of methoxy groups -OCH3 is 2. The molecular weight excluding hydrogens is 422 g/mol. The highest BCUT2D eigenvalue weighted by Crippen LogP contribution is 2.25. The molecule has 8 heteroatoms. The number of rotatable bonds is 10. The first-order valence-electron chi connectivity index (χ1n) is 11.1. The van der Waals surface area contributed by atoms with Crippen molar-refractivity contribution in [3.8, 4) is 17.2 Å². The van der Waals surface area contributed by atoms with E-state index in [-0.39, 0.29) is 0 Å². The van der Waals surface area contributed by atoms with Crippen LogP contribution in [0.4, 0.5) is 5.69 Å². The summed E-state index contributed by atoms with van der Waals surface area (Å²) in [6.07, 6.45) is 3.99. The molecule has 1 aromatic heterocycles. The van der Waals surface area contributed by atoms with E-state index in [1.165, 1.54) is 32.4 Å². The molecule has 170 valence electrons. The number of nitrogens with zero attached hydrogens (tertiary/aromatic N) is 4. The second kappa shape index (κ2) is 11.2. The van der Waals surface area contributed by atoms with Crippen molar-refractivity contribution in [1.29, 1.82) is 0 Å². The summed E-state index contributed by atoms with van der Waals surface area (Å²) in [4.78, 5) is 2.55. The number of anilines is 1.